The number of hydrogen-bond acceptors (Lipinski definition) is 4. The highest BCUT2D eigenvalue weighted by molar-refractivity contribution is 7.90. The number of fused-ring (bicyclic) bond motifs is 1. The van der Waals surface area contributed by atoms with Gasteiger partial charge in [0, 0.05) is 23.4 Å². The third kappa shape index (κ3) is 4.51. The first kappa shape index (κ1) is 23.4. The van der Waals surface area contributed by atoms with Gasteiger partial charge < -0.3 is 5.32 Å². The zero-order valence-electron chi connectivity index (χ0n) is 17.6. The van der Waals surface area contributed by atoms with Gasteiger partial charge in [0.2, 0.25) is 0 Å². The van der Waals surface area contributed by atoms with Gasteiger partial charge in [-0.1, -0.05) is 6.92 Å². The Labute approximate surface area is 192 Å². The summed E-state index contributed by atoms with van der Waals surface area (Å²) < 4.78 is 81.1. The van der Waals surface area contributed by atoms with Crippen LogP contribution < -0.4 is 10.2 Å². The molecule has 1 heterocycles. The number of nitrogens with one attached hydrogen (secondary N) is 1. The quantitative estimate of drug-likeness (QED) is 0.472. The van der Waals surface area contributed by atoms with Crippen LogP contribution in [0.5, 0.6) is 0 Å². The van der Waals surface area contributed by atoms with E-state index in [9.17, 15) is 30.8 Å². The normalized spacial score (nSPS) is 14.9. The monoisotopic (exact) mass is 491 g/mol. The van der Waals surface area contributed by atoms with Gasteiger partial charge in [0.1, 0.15) is 16.5 Å². The smallest absolute Gasteiger partial charge is 0.322 e. The molecule has 11 heteroatoms. The van der Waals surface area contributed by atoms with Crippen LogP contribution in [0.25, 0.3) is 0 Å². The Morgan fingerprint density at radius 1 is 1.00 bits per heavy atom. The number of carbonyl (C=O) groups is 1. The predicted octanol–water partition coefficient (Wildman–Crippen LogP) is 5.75. The minimum absolute atomic E-state index is 0.0344. The summed E-state index contributed by atoms with van der Waals surface area (Å²) in [7, 11) is -4.10. The van der Waals surface area contributed by atoms with Gasteiger partial charge in [-0.3, -0.25) is 9.69 Å². The average Bonchev–Trinajstić information content (AvgIpc) is 2.79. The van der Waals surface area contributed by atoms with Gasteiger partial charge in [-0.2, -0.15) is 21.6 Å². The highest BCUT2D eigenvalue weighted by atomic mass is 32.2. The molecule has 3 aromatic carbocycles. The van der Waals surface area contributed by atoms with Crippen LogP contribution in [0.15, 0.2) is 76.0 Å². The molecule has 0 aromatic heterocycles. The molecule has 0 atom stereocenters. The second-order valence-electron chi connectivity index (χ2n) is 7.36. The molecular formula is C23H17F4N3O3S. The Hall–Kier alpha value is -3.73. The lowest BCUT2D eigenvalue weighted by Crippen LogP contribution is -2.31. The zero-order chi connectivity index (χ0) is 24.7. The molecule has 3 aromatic rings. The highest BCUT2D eigenvalue weighted by Gasteiger charge is 2.32. The van der Waals surface area contributed by atoms with E-state index < -0.39 is 33.5 Å². The third-order valence-corrected chi connectivity index (χ3v) is 6.43. The van der Waals surface area contributed by atoms with E-state index in [2.05, 4.69) is 9.71 Å². The van der Waals surface area contributed by atoms with E-state index >= 15 is 0 Å². The number of anilines is 3. The van der Waals surface area contributed by atoms with Crippen LogP contribution in [-0.2, 0) is 16.2 Å². The first-order valence-electron chi connectivity index (χ1n) is 10.0. The molecule has 1 aliphatic heterocycles. The van der Waals surface area contributed by atoms with E-state index in [1.807, 2.05) is 0 Å². The minimum atomic E-state index is -4.53. The standard InChI is InChI=1S/C23H17F4N3O3S/c1-2-21-29-34(32,33)20-13-17(9-12-19(20)30(21)18-10-7-16(24)8-11-18)28-22(31)14-3-5-15(6-4-14)23(25,26)27/h3-13H,2H2,1H3,(H,28,31). The fraction of sp³-hybridized carbons (Fsp3) is 0.130. The summed E-state index contributed by atoms with van der Waals surface area (Å²) in [4.78, 5) is 13.9. The molecular weight excluding hydrogens is 474 g/mol. The topological polar surface area (TPSA) is 78.8 Å². The number of amidine groups is 1. The summed E-state index contributed by atoms with van der Waals surface area (Å²) in [5.74, 6) is -0.930. The Morgan fingerprint density at radius 2 is 1.65 bits per heavy atom. The molecule has 0 unspecified atom stereocenters. The van der Waals surface area contributed by atoms with Crippen LogP contribution in [0.3, 0.4) is 0 Å². The second-order valence-corrected chi connectivity index (χ2v) is 8.93. The summed E-state index contributed by atoms with van der Waals surface area (Å²) >= 11 is 0. The van der Waals surface area contributed by atoms with Gasteiger partial charge in [-0.25, -0.2) is 4.39 Å². The number of hydrogen-bond donors (Lipinski definition) is 1. The fourth-order valence-corrected chi connectivity index (χ4v) is 4.75. The second kappa shape index (κ2) is 8.56. The molecule has 176 valence electrons. The number of amides is 1. The largest absolute Gasteiger partial charge is 0.416 e. The van der Waals surface area contributed by atoms with Crippen molar-refractivity contribution in [3.8, 4) is 0 Å². The summed E-state index contributed by atoms with van der Waals surface area (Å²) in [5.41, 5.74) is -0.0469. The molecule has 34 heavy (non-hydrogen) atoms. The molecule has 0 bridgehead atoms. The lowest BCUT2D eigenvalue weighted by Gasteiger charge is -2.31. The van der Waals surface area contributed by atoms with Gasteiger partial charge in [0.15, 0.2) is 0 Å². The fourth-order valence-electron chi connectivity index (χ4n) is 3.47. The van der Waals surface area contributed by atoms with Crippen molar-refractivity contribution < 1.29 is 30.8 Å². The Balaban J connectivity index is 1.68. The maximum absolute atomic E-state index is 13.4. The molecule has 0 fully saturated rings. The van der Waals surface area contributed by atoms with Crippen LogP contribution in [0.1, 0.15) is 29.3 Å². The van der Waals surface area contributed by atoms with Gasteiger partial charge >= 0.3 is 6.18 Å². The number of alkyl halides is 3. The van der Waals surface area contributed by atoms with Crippen molar-refractivity contribution in [3.63, 3.8) is 0 Å². The van der Waals surface area contributed by atoms with Crippen LogP contribution in [0.4, 0.5) is 34.6 Å². The van der Waals surface area contributed by atoms with E-state index in [-0.39, 0.29) is 34.1 Å². The lowest BCUT2D eigenvalue weighted by atomic mass is 10.1. The molecule has 4 rings (SSSR count). The van der Waals surface area contributed by atoms with Crippen molar-refractivity contribution in [2.75, 3.05) is 10.2 Å². The number of nitrogens with zero attached hydrogens (tertiary/aromatic N) is 2. The number of rotatable bonds is 4. The number of carbonyl (C=O) groups excluding carboxylic acids is 1. The minimum Gasteiger partial charge on any atom is -0.322 e. The molecule has 6 nitrogen and oxygen atoms in total. The highest BCUT2D eigenvalue weighted by Crippen LogP contribution is 2.39. The maximum atomic E-state index is 13.4. The van der Waals surface area contributed by atoms with Crippen molar-refractivity contribution in [3.05, 3.63) is 83.7 Å². The van der Waals surface area contributed by atoms with Gasteiger partial charge in [0.25, 0.3) is 15.9 Å². The van der Waals surface area contributed by atoms with Gasteiger partial charge in [-0.15, -0.1) is 4.40 Å². The van der Waals surface area contributed by atoms with Crippen LogP contribution in [0.2, 0.25) is 0 Å². The van der Waals surface area contributed by atoms with Crippen molar-refractivity contribution in [2.45, 2.75) is 24.4 Å². The summed E-state index contributed by atoms with van der Waals surface area (Å²) in [6, 6.07) is 13.2. The van der Waals surface area contributed by atoms with Crippen molar-refractivity contribution in [2.24, 2.45) is 4.40 Å². The molecule has 0 saturated heterocycles. The maximum Gasteiger partial charge on any atom is 0.416 e. The van der Waals surface area contributed by atoms with Crippen molar-refractivity contribution in [1.82, 2.24) is 0 Å². The lowest BCUT2D eigenvalue weighted by molar-refractivity contribution is -0.137. The molecule has 1 N–H and O–H groups in total. The molecule has 1 amide bonds. The third-order valence-electron chi connectivity index (χ3n) is 5.10. The van der Waals surface area contributed by atoms with Crippen LogP contribution in [0, 0.1) is 5.82 Å². The van der Waals surface area contributed by atoms with Crippen molar-refractivity contribution in [1.29, 1.82) is 0 Å². The Morgan fingerprint density at radius 3 is 2.24 bits per heavy atom. The number of benzene rings is 3. The van der Waals surface area contributed by atoms with Crippen LogP contribution in [-0.4, -0.2) is 20.2 Å². The summed E-state index contributed by atoms with van der Waals surface area (Å²) in [5, 5.41) is 2.49. The molecule has 0 spiro atoms. The first-order chi connectivity index (χ1) is 16.0. The van der Waals surface area contributed by atoms with Gasteiger partial charge in [-0.05, 0) is 66.7 Å². The van der Waals surface area contributed by atoms with E-state index in [1.54, 1.807) is 11.8 Å². The predicted molar refractivity (Wildman–Crippen MR) is 119 cm³/mol. The molecule has 0 radical (unpaired) electrons. The van der Waals surface area contributed by atoms with E-state index in [4.69, 9.17) is 0 Å². The van der Waals surface area contributed by atoms with E-state index in [1.165, 1.54) is 42.5 Å². The Bertz CT molecular complexity index is 1380. The number of halogens is 4. The molecule has 1 aliphatic rings. The van der Waals surface area contributed by atoms with Gasteiger partial charge in [0.05, 0.1) is 11.3 Å². The first-order valence-corrected chi connectivity index (χ1v) is 11.5. The zero-order valence-corrected chi connectivity index (χ0v) is 18.4. The van der Waals surface area contributed by atoms with E-state index in [0.717, 1.165) is 24.3 Å². The summed E-state index contributed by atoms with van der Waals surface area (Å²) in [6.45, 7) is 1.73. The number of sulfonamides is 1. The molecule has 0 aliphatic carbocycles. The SMILES string of the molecule is CCC1=NS(=O)(=O)c2cc(NC(=O)c3ccc(C(F)(F)F)cc3)ccc2N1c1ccc(F)cc1. The molecule has 0 saturated carbocycles. The Kier molecular flexibility index (Phi) is 5.90. The van der Waals surface area contributed by atoms with E-state index in [0.29, 0.717) is 5.69 Å². The summed E-state index contributed by atoms with van der Waals surface area (Å²) in [6.07, 6.45) is -4.25. The van der Waals surface area contributed by atoms with Crippen LogP contribution >= 0.6 is 0 Å². The average molecular weight is 491 g/mol. The van der Waals surface area contributed by atoms with Crippen molar-refractivity contribution >= 4 is 38.8 Å².